The van der Waals surface area contributed by atoms with Crippen molar-refractivity contribution in [2.45, 2.75) is 0 Å². The summed E-state index contributed by atoms with van der Waals surface area (Å²) in [6.45, 7) is 0. The van der Waals surface area contributed by atoms with Crippen LogP contribution in [0.5, 0.6) is 0 Å². The number of hydrogen-bond donors (Lipinski definition) is 2. The Morgan fingerprint density at radius 1 is 0.962 bits per heavy atom. The van der Waals surface area contributed by atoms with Crippen LogP contribution in [0, 0.1) is 0 Å². The second kappa shape index (κ2) is 6.17. The zero-order chi connectivity index (χ0) is 18.1. The Hall–Kier alpha value is -3.94. The molecule has 8 nitrogen and oxygen atoms in total. The number of anilines is 2. The first kappa shape index (κ1) is 15.6. The summed E-state index contributed by atoms with van der Waals surface area (Å²) in [5.74, 6) is -1.13. The van der Waals surface area contributed by atoms with Crippen molar-refractivity contribution in [2.24, 2.45) is 10.7 Å². The molecule has 1 aliphatic rings. The summed E-state index contributed by atoms with van der Waals surface area (Å²) < 4.78 is 0. The highest BCUT2D eigenvalue weighted by Gasteiger charge is 2.29. The molecule has 2 amide bonds. The van der Waals surface area contributed by atoms with Gasteiger partial charge in [0.05, 0.1) is 0 Å². The van der Waals surface area contributed by atoms with Gasteiger partial charge in [0, 0.05) is 11.4 Å². The highest BCUT2D eigenvalue weighted by molar-refractivity contribution is 6.13. The summed E-state index contributed by atoms with van der Waals surface area (Å²) in [6.07, 6.45) is 0. The molecule has 2 heterocycles. The Morgan fingerprint density at radius 2 is 1.54 bits per heavy atom. The molecule has 3 N–H and O–H groups in total. The molecule has 0 spiro atoms. The minimum atomic E-state index is -0.631. The van der Waals surface area contributed by atoms with Crippen LogP contribution in [0.15, 0.2) is 65.7 Å². The minimum Gasteiger partial charge on any atom is -0.368 e. The van der Waals surface area contributed by atoms with Crippen LogP contribution in [0.1, 0.15) is 21.1 Å². The van der Waals surface area contributed by atoms with Gasteiger partial charge in [0.1, 0.15) is 0 Å². The Balaban J connectivity index is 1.79. The Labute approximate surface area is 148 Å². The highest BCUT2D eigenvalue weighted by Crippen LogP contribution is 2.28. The predicted octanol–water partition coefficient (Wildman–Crippen LogP) is 2.09. The SMILES string of the molecule is NC1=Nc2[nH]c(C(=O)N(c3ccccc3)c3ccccc3)nc2C(=O)[N]1. The number of amides is 2. The van der Waals surface area contributed by atoms with Gasteiger partial charge in [-0.1, -0.05) is 36.4 Å². The molecule has 0 aliphatic carbocycles. The number of nitrogens with one attached hydrogen (secondary N) is 1. The van der Waals surface area contributed by atoms with Gasteiger partial charge < -0.3 is 10.7 Å². The number of benzene rings is 2. The molecule has 1 radical (unpaired) electrons. The van der Waals surface area contributed by atoms with Gasteiger partial charge >= 0.3 is 5.91 Å². The van der Waals surface area contributed by atoms with Crippen molar-refractivity contribution >= 4 is 35.0 Å². The number of aliphatic imine (C=N–C) groups is 1. The Bertz CT molecular complexity index is 971. The van der Waals surface area contributed by atoms with E-state index in [0.29, 0.717) is 11.4 Å². The van der Waals surface area contributed by atoms with Crippen LogP contribution in [0.4, 0.5) is 17.2 Å². The van der Waals surface area contributed by atoms with Gasteiger partial charge in [-0.05, 0) is 24.3 Å². The van der Waals surface area contributed by atoms with E-state index >= 15 is 0 Å². The number of nitrogens with two attached hydrogens (primary N) is 1. The number of carbonyl (C=O) groups is 2. The average Bonchev–Trinajstić information content (AvgIpc) is 3.08. The molecule has 4 rings (SSSR count). The lowest BCUT2D eigenvalue weighted by Crippen LogP contribution is -2.32. The van der Waals surface area contributed by atoms with Crippen LogP contribution in [0.2, 0.25) is 0 Å². The van der Waals surface area contributed by atoms with Gasteiger partial charge in [-0.3, -0.25) is 14.5 Å². The standard InChI is InChI=1S/C18H13N6O2/c19-18-22-14-13(16(25)23-18)20-15(21-14)17(26)24(11-7-3-1-4-8-11)12-9-5-2-6-10-12/h1-10H,(H2,19,22)(H,20,21). The number of para-hydroxylation sites is 2. The third kappa shape index (κ3) is 2.69. The lowest BCUT2D eigenvalue weighted by atomic mass is 10.2. The number of imidazole rings is 1. The molecular formula is C18H13N6O2. The molecule has 0 fully saturated rings. The number of H-pyrrole nitrogens is 1. The van der Waals surface area contributed by atoms with E-state index in [-0.39, 0.29) is 23.3 Å². The van der Waals surface area contributed by atoms with Crippen molar-refractivity contribution in [1.29, 1.82) is 0 Å². The normalized spacial score (nSPS) is 12.8. The first-order valence-electron chi connectivity index (χ1n) is 7.78. The Kier molecular flexibility index (Phi) is 3.70. The number of rotatable bonds is 3. The van der Waals surface area contributed by atoms with Gasteiger partial charge in [0.2, 0.25) is 5.96 Å². The largest absolute Gasteiger partial charge is 0.368 e. The van der Waals surface area contributed by atoms with E-state index < -0.39 is 11.8 Å². The number of guanidine groups is 1. The van der Waals surface area contributed by atoms with Crippen LogP contribution < -0.4 is 16.0 Å². The zero-order valence-corrected chi connectivity index (χ0v) is 13.5. The number of hydrogen-bond acceptors (Lipinski definition) is 5. The zero-order valence-electron chi connectivity index (χ0n) is 13.5. The quantitative estimate of drug-likeness (QED) is 0.755. The fourth-order valence-corrected chi connectivity index (χ4v) is 2.64. The van der Waals surface area contributed by atoms with Crippen molar-refractivity contribution in [3.63, 3.8) is 0 Å². The van der Waals surface area contributed by atoms with Gasteiger partial charge in [0.25, 0.3) is 5.91 Å². The number of fused-ring (bicyclic) bond motifs is 1. The molecule has 3 aromatic rings. The summed E-state index contributed by atoms with van der Waals surface area (Å²) >= 11 is 0. The number of carbonyl (C=O) groups excluding carboxylic acids is 2. The van der Waals surface area contributed by atoms with Crippen molar-refractivity contribution in [1.82, 2.24) is 15.3 Å². The van der Waals surface area contributed by atoms with Crippen LogP contribution in [-0.2, 0) is 0 Å². The maximum absolute atomic E-state index is 13.2. The van der Waals surface area contributed by atoms with Crippen molar-refractivity contribution in [3.05, 3.63) is 72.2 Å². The molecule has 2 aromatic carbocycles. The smallest absolute Gasteiger partial charge is 0.302 e. The molecule has 1 aromatic heterocycles. The van der Waals surface area contributed by atoms with Crippen molar-refractivity contribution in [2.75, 3.05) is 4.90 Å². The molecular weight excluding hydrogens is 332 g/mol. The molecule has 0 atom stereocenters. The van der Waals surface area contributed by atoms with Crippen LogP contribution in [-0.4, -0.2) is 27.7 Å². The number of aromatic nitrogens is 2. The Morgan fingerprint density at radius 3 is 2.12 bits per heavy atom. The van der Waals surface area contributed by atoms with E-state index in [1.165, 1.54) is 4.90 Å². The van der Waals surface area contributed by atoms with E-state index in [4.69, 9.17) is 5.73 Å². The van der Waals surface area contributed by atoms with E-state index in [1.54, 1.807) is 0 Å². The molecule has 0 saturated heterocycles. The molecule has 0 saturated carbocycles. The van der Waals surface area contributed by atoms with Gasteiger partial charge in [-0.15, -0.1) is 0 Å². The second-order valence-electron chi connectivity index (χ2n) is 5.48. The second-order valence-corrected chi connectivity index (χ2v) is 5.48. The van der Waals surface area contributed by atoms with E-state index in [0.717, 1.165) is 0 Å². The van der Waals surface area contributed by atoms with E-state index in [2.05, 4.69) is 20.3 Å². The summed E-state index contributed by atoms with van der Waals surface area (Å²) in [5.41, 5.74) is 6.79. The molecule has 127 valence electrons. The first-order valence-corrected chi connectivity index (χ1v) is 7.78. The molecule has 0 unspecified atom stereocenters. The maximum Gasteiger partial charge on any atom is 0.302 e. The number of aromatic amines is 1. The van der Waals surface area contributed by atoms with Crippen molar-refractivity contribution in [3.8, 4) is 0 Å². The highest BCUT2D eigenvalue weighted by atomic mass is 16.2. The van der Waals surface area contributed by atoms with Gasteiger partial charge in [-0.2, -0.15) is 10.3 Å². The maximum atomic E-state index is 13.2. The molecule has 26 heavy (non-hydrogen) atoms. The lowest BCUT2D eigenvalue weighted by Gasteiger charge is -2.21. The topological polar surface area (TPSA) is 119 Å². The van der Waals surface area contributed by atoms with Crippen LogP contribution in [0.25, 0.3) is 0 Å². The summed E-state index contributed by atoms with van der Waals surface area (Å²) in [5, 5.41) is 3.54. The summed E-state index contributed by atoms with van der Waals surface area (Å²) in [7, 11) is 0. The summed E-state index contributed by atoms with van der Waals surface area (Å²) in [4.78, 5) is 37.3. The van der Waals surface area contributed by atoms with E-state index in [9.17, 15) is 9.59 Å². The fourth-order valence-electron chi connectivity index (χ4n) is 2.64. The monoisotopic (exact) mass is 345 g/mol. The average molecular weight is 345 g/mol. The lowest BCUT2D eigenvalue weighted by molar-refractivity contribution is 0.0967. The first-order chi connectivity index (χ1) is 12.6. The molecule has 8 heteroatoms. The third-order valence-electron chi connectivity index (χ3n) is 3.76. The predicted molar refractivity (Wildman–Crippen MR) is 95.7 cm³/mol. The van der Waals surface area contributed by atoms with E-state index in [1.807, 2.05) is 60.7 Å². The summed E-state index contributed by atoms with van der Waals surface area (Å²) in [6, 6.07) is 18.3. The fraction of sp³-hybridized carbons (Fsp3) is 0. The van der Waals surface area contributed by atoms with Crippen molar-refractivity contribution < 1.29 is 9.59 Å². The van der Waals surface area contributed by atoms with Crippen LogP contribution in [0.3, 0.4) is 0 Å². The number of nitrogens with zero attached hydrogens (tertiary/aromatic N) is 4. The third-order valence-corrected chi connectivity index (χ3v) is 3.76. The van der Waals surface area contributed by atoms with Gasteiger partial charge in [0.15, 0.2) is 17.3 Å². The van der Waals surface area contributed by atoms with Gasteiger partial charge in [-0.25, -0.2) is 4.98 Å². The van der Waals surface area contributed by atoms with Crippen LogP contribution >= 0.6 is 0 Å². The molecule has 1 aliphatic heterocycles. The minimum absolute atomic E-state index is 0.0234. The molecule has 0 bridgehead atoms.